The highest BCUT2D eigenvalue weighted by atomic mass is 16.5. The lowest BCUT2D eigenvalue weighted by Gasteiger charge is -2.19. The quantitative estimate of drug-likeness (QED) is 0.379. The van der Waals surface area contributed by atoms with E-state index in [1.54, 1.807) is 24.3 Å². The van der Waals surface area contributed by atoms with Crippen molar-refractivity contribution in [3.05, 3.63) is 24.3 Å². The Hall–Kier alpha value is -1.26. The van der Waals surface area contributed by atoms with E-state index in [4.69, 9.17) is 15.9 Å². The first kappa shape index (κ1) is 8.83. The lowest BCUT2D eigenvalue weighted by molar-refractivity contribution is -0.118. The van der Waals surface area contributed by atoms with Gasteiger partial charge in [0.15, 0.2) is 0 Å². The van der Waals surface area contributed by atoms with Crippen molar-refractivity contribution in [3.63, 3.8) is 0 Å². The summed E-state index contributed by atoms with van der Waals surface area (Å²) in [6.07, 6.45) is 0. The molecule has 1 aromatic carbocycles. The van der Waals surface area contributed by atoms with Crippen LogP contribution in [0.4, 0.5) is 11.4 Å². The topological polar surface area (TPSA) is 78.5 Å². The molecule has 0 atom stereocenters. The highest BCUT2D eigenvalue weighted by Crippen LogP contribution is 2.19. The van der Waals surface area contributed by atoms with Crippen molar-refractivity contribution in [2.75, 3.05) is 11.1 Å². The second-order valence-electron chi connectivity index (χ2n) is 2.73. The molecular weight excluding hydrogens is 156 g/mol. The molecule has 4 heteroatoms. The van der Waals surface area contributed by atoms with Crippen molar-refractivity contribution in [1.29, 1.82) is 0 Å². The fraction of sp³-hybridized carbons (Fsp3) is 0.250. The minimum atomic E-state index is -1.94. The number of hydrogen-bond acceptors (Lipinski definition) is 4. The Morgan fingerprint density at radius 2 is 1.92 bits per heavy atom. The van der Waals surface area contributed by atoms with Crippen LogP contribution in [0.15, 0.2) is 24.3 Å². The van der Waals surface area contributed by atoms with Gasteiger partial charge < -0.3 is 21.3 Å². The lowest BCUT2D eigenvalue weighted by atomic mass is 10.2. The number of nitrogen functional groups attached to an aromatic ring is 1. The van der Waals surface area contributed by atoms with E-state index in [1.165, 1.54) is 6.92 Å². The molecular formula is C8H12N2O2. The number of nitrogens with two attached hydrogens (primary N) is 1. The van der Waals surface area contributed by atoms with Crippen LogP contribution in [0.25, 0.3) is 0 Å². The number of anilines is 2. The van der Waals surface area contributed by atoms with Crippen LogP contribution in [0.1, 0.15) is 6.92 Å². The molecule has 0 spiro atoms. The van der Waals surface area contributed by atoms with E-state index in [0.717, 1.165) is 0 Å². The summed E-state index contributed by atoms with van der Waals surface area (Å²) in [7, 11) is 0. The first-order valence-electron chi connectivity index (χ1n) is 3.56. The van der Waals surface area contributed by atoms with Gasteiger partial charge in [-0.3, -0.25) is 0 Å². The van der Waals surface area contributed by atoms with Crippen LogP contribution in [-0.2, 0) is 0 Å². The van der Waals surface area contributed by atoms with Crippen LogP contribution in [-0.4, -0.2) is 16.1 Å². The zero-order valence-corrected chi connectivity index (χ0v) is 6.78. The van der Waals surface area contributed by atoms with Gasteiger partial charge in [0.1, 0.15) is 0 Å². The summed E-state index contributed by atoms with van der Waals surface area (Å²) in [6, 6.07) is 6.87. The summed E-state index contributed by atoms with van der Waals surface area (Å²) in [5, 5.41) is 20.4. The van der Waals surface area contributed by atoms with Gasteiger partial charge in [0, 0.05) is 6.92 Å². The third-order valence-corrected chi connectivity index (χ3v) is 1.33. The highest BCUT2D eigenvalue weighted by Gasteiger charge is 2.14. The molecule has 0 saturated heterocycles. The molecule has 0 saturated carbocycles. The summed E-state index contributed by atoms with van der Waals surface area (Å²) in [6.45, 7) is 1.22. The Morgan fingerprint density at radius 1 is 1.33 bits per heavy atom. The predicted molar refractivity (Wildman–Crippen MR) is 47.3 cm³/mol. The number of hydrogen-bond donors (Lipinski definition) is 4. The minimum Gasteiger partial charge on any atom is -0.397 e. The van der Waals surface area contributed by atoms with Gasteiger partial charge in [-0.05, 0) is 12.1 Å². The standard InChI is InChI=1S/C8H12N2O2/c1-8(11,12)10-7-5-3-2-4-6(7)9/h2-5,10-12H,9H2,1H3. The van der Waals surface area contributed by atoms with Crippen molar-refractivity contribution in [2.24, 2.45) is 0 Å². The van der Waals surface area contributed by atoms with Gasteiger partial charge in [0.25, 0.3) is 0 Å². The molecule has 0 radical (unpaired) electrons. The minimum absolute atomic E-state index is 0.479. The molecule has 0 fully saturated rings. The van der Waals surface area contributed by atoms with Gasteiger partial charge >= 0.3 is 0 Å². The fourth-order valence-corrected chi connectivity index (χ4v) is 0.866. The van der Waals surface area contributed by atoms with E-state index >= 15 is 0 Å². The Morgan fingerprint density at radius 3 is 2.42 bits per heavy atom. The molecule has 4 nitrogen and oxygen atoms in total. The highest BCUT2D eigenvalue weighted by molar-refractivity contribution is 5.65. The SMILES string of the molecule is CC(O)(O)Nc1ccccc1N. The molecule has 12 heavy (non-hydrogen) atoms. The zero-order valence-electron chi connectivity index (χ0n) is 6.78. The van der Waals surface area contributed by atoms with Gasteiger partial charge in [0.2, 0.25) is 5.91 Å². The molecule has 0 heterocycles. The first-order valence-corrected chi connectivity index (χ1v) is 3.56. The number of rotatable bonds is 2. The molecule has 0 amide bonds. The monoisotopic (exact) mass is 168 g/mol. The van der Waals surface area contributed by atoms with E-state index in [1.807, 2.05) is 0 Å². The fourth-order valence-electron chi connectivity index (χ4n) is 0.866. The third kappa shape index (κ3) is 2.41. The average Bonchev–Trinajstić information content (AvgIpc) is 1.91. The molecule has 5 N–H and O–H groups in total. The van der Waals surface area contributed by atoms with E-state index in [0.29, 0.717) is 11.4 Å². The molecule has 0 aromatic heterocycles. The van der Waals surface area contributed by atoms with Gasteiger partial charge in [-0.25, -0.2) is 0 Å². The van der Waals surface area contributed by atoms with Crippen molar-refractivity contribution in [1.82, 2.24) is 0 Å². The van der Waals surface area contributed by atoms with Gasteiger partial charge in [-0.1, -0.05) is 12.1 Å². The van der Waals surface area contributed by atoms with Crippen LogP contribution >= 0.6 is 0 Å². The second-order valence-corrected chi connectivity index (χ2v) is 2.73. The summed E-state index contributed by atoms with van der Waals surface area (Å²) in [5.74, 6) is -1.94. The maximum atomic E-state index is 8.98. The lowest BCUT2D eigenvalue weighted by Crippen LogP contribution is -2.33. The maximum Gasteiger partial charge on any atom is 0.241 e. The molecule has 0 aliphatic heterocycles. The number of nitrogens with one attached hydrogen (secondary N) is 1. The van der Waals surface area contributed by atoms with E-state index in [9.17, 15) is 0 Å². The summed E-state index contributed by atoms with van der Waals surface area (Å²) < 4.78 is 0. The van der Waals surface area contributed by atoms with Crippen molar-refractivity contribution < 1.29 is 10.2 Å². The largest absolute Gasteiger partial charge is 0.397 e. The predicted octanol–water partition coefficient (Wildman–Crippen LogP) is 0.339. The Kier molecular flexibility index (Phi) is 2.21. The van der Waals surface area contributed by atoms with Crippen molar-refractivity contribution in [3.8, 4) is 0 Å². The van der Waals surface area contributed by atoms with Crippen LogP contribution in [0.2, 0.25) is 0 Å². The number of aliphatic hydroxyl groups is 2. The van der Waals surface area contributed by atoms with E-state index in [-0.39, 0.29) is 0 Å². The summed E-state index contributed by atoms with van der Waals surface area (Å²) >= 11 is 0. The van der Waals surface area contributed by atoms with Crippen LogP contribution < -0.4 is 11.1 Å². The smallest absolute Gasteiger partial charge is 0.241 e. The molecule has 66 valence electrons. The molecule has 0 aliphatic carbocycles. The zero-order chi connectivity index (χ0) is 9.19. The van der Waals surface area contributed by atoms with Crippen molar-refractivity contribution >= 4 is 11.4 Å². The Balaban J connectivity index is 2.83. The average molecular weight is 168 g/mol. The third-order valence-electron chi connectivity index (χ3n) is 1.33. The van der Waals surface area contributed by atoms with Crippen molar-refractivity contribution in [2.45, 2.75) is 12.8 Å². The molecule has 1 aromatic rings. The van der Waals surface area contributed by atoms with E-state index in [2.05, 4.69) is 5.32 Å². The Labute approximate surface area is 70.6 Å². The summed E-state index contributed by atoms with van der Waals surface area (Å²) in [4.78, 5) is 0. The maximum absolute atomic E-state index is 8.98. The summed E-state index contributed by atoms with van der Waals surface area (Å²) in [5.41, 5.74) is 6.53. The molecule has 0 aliphatic rings. The van der Waals surface area contributed by atoms with Crippen LogP contribution in [0.3, 0.4) is 0 Å². The van der Waals surface area contributed by atoms with Gasteiger partial charge in [0.05, 0.1) is 11.4 Å². The number of para-hydroxylation sites is 2. The first-order chi connectivity index (χ1) is 5.49. The molecule has 0 unspecified atom stereocenters. The second kappa shape index (κ2) is 3.00. The Bertz CT molecular complexity index is 268. The molecule has 0 bridgehead atoms. The van der Waals surface area contributed by atoms with E-state index < -0.39 is 5.91 Å². The van der Waals surface area contributed by atoms with Gasteiger partial charge in [-0.15, -0.1) is 0 Å². The van der Waals surface area contributed by atoms with Crippen LogP contribution in [0.5, 0.6) is 0 Å². The van der Waals surface area contributed by atoms with Gasteiger partial charge in [-0.2, -0.15) is 0 Å². The normalized spacial score (nSPS) is 11.2. The van der Waals surface area contributed by atoms with Crippen LogP contribution in [0, 0.1) is 0 Å². The number of benzene rings is 1. The molecule has 1 rings (SSSR count).